The van der Waals surface area contributed by atoms with Crippen molar-refractivity contribution in [2.45, 2.75) is 32.1 Å². The Morgan fingerprint density at radius 3 is 2.84 bits per heavy atom. The summed E-state index contributed by atoms with van der Waals surface area (Å²) in [5.41, 5.74) is 8.60. The van der Waals surface area contributed by atoms with E-state index in [9.17, 15) is 0 Å². The van der Waals surface area contributed by atoms with Crippen LogP contribution in [0.3, 0.4) is 0 Å². The first kappa shape index (κ1) is 12.7. The minimum atomic E-state index is -1.28. The van der Waals surface area contributed by atoms with Gasteiger partial charge in [0.1, 0.15) is 5.84 Å². The van der Waals surface area contributed by atoms with E-state index in [1.807, 2.05) is 17.4 Å². The Bertz CT molecular complexity index is 622. The van der Waals surface area contributed by atoms with E-state index < -0.39 is 8.07 Å². The van der Waals surface area contributed by atoms with Crippen LogP contribution in [0.25, 0.3) is 0 Å². The molecule has 0 radical (unpaired) electrons. The SMILES string of the molecule is C[Si](C)(C)c1cc2c(s1)C(N)=NC(c1ccoc1)C2. The van der Waals surface area contributed by atoms with Gasteiger partial charge in [-0.3, -0.25) is 4.99 Å². The molecule has 100 valence electrons. The first-order chi connectivity index (χ1) is 8.95. The lowest BCUT2D eigenvalue weighted by molar-refractivity contribution is 0.558. The van der Waals surface area contributed by atoms with Crippen LogP contribution in [0, 0.1) is 0 Å². The van der Waals surface area contributed by atoms with Gasteiger partial charge in [0, 0.05) is 12.0 Å². The predicted octanol–water partition coefficient (Wildman–Crippen LogP) is 2.89. The number of amidine groups is 1. The summed E-state index contributed by atoms with van der Waals surface area (Å²) in [7, 11) is -1.28. The van der Waals surface area contributed by atoms with Gasteiger partial charge in [0.2, 0.25) is 0 Å². The molecular formula is C14H18N2OSSi. The summed E-state index contributed by atoms with van der Waals surface area (Å²) >= 11 is 1.83. The fraction of sp³-hybridized carbons (Fsp3) is 0.357. The molecule has 0 aromatic carbocycles. The summed E-state index contributed by atoms with van der Waals surface area (Å²) in [6.07, 6.45) is 4.38. The molecule has 0 saturated heterocycles. The highest BCUT2D eigenvalue weighted by molar-refractivity contribution is 7.27. The van der Waals surface area contributed by atoms with Gasteiger partial charge in [-0.15, -0.1) is 11.3 Å². The van der Waals surface area contributed by atoms with Crippen molar-refractivity contribution in [3.8, 4) is 0 Å². The van der Waals surface area contributed by atoms with Crippen molar-refractivity contribution in [1.29, 1.82) is 0 Å². The molecule has 1 aliphatic heterocycles. The summed E-state index contributed by atoms with van der Waals surface area (Å²) in [6, 6.07) is 4.43. The molecule has 3 heterocycles. The summed E-state index contributed by atoms with van der Waals surface area (Å²) in [5, 5.41) is 0. The maximum absolute atomic E-state index is 6.14. The molecule has 0 fully saturated rings. The Morgan fingerprint density at radius 1 is 1.42 bits per heavy atom. The Hall–Kier alpha value is -1.33. The van der Waals surface area contributed by atoms with Crippen LogP contribution in [0.5, 0.6) is 0 Å². The Labute approximate surface area is 118 Å². The van der Waals surface area contributed by atoms with Gasteiger partial charge in [-0.25, -0.2) is 0 Å². The van der Waals surface area contributed by atoms with Crippen molar-refractivity contribution in [2.75, 3.05) is 0 Å². The number of aliphatic imine (C=N–C) groups is 1. The summed E-state index contributed by atoms with van der Waals surface area (Å²) in [4.78, 5) is 5.80. The molecule has 0 aliphatic carbocycles. The highest BCUT2D eigenvalue weighted by Crippen LogP contribution is 2.31. The monoisotopic (exact) mass is 290 g/mol. The van der Waals surface area contributed by atoms with E-state index in [-0.39, 0.29) is 6.04 Å². The first-order valence-electron chi connectivity index (χ1n) is 6.44. The fourth-order valence-electron chi connectivity index (χ4n) is 2.30. The van der Waals surface area contributed by atoms with Crippen molar-refractivity contribution < 1.29 is 4.42 Å². The van der Waals surface area contributed by atoms with Crippen molar-refractivity contribution >= 4 is 29.7 Å². The first-order valence-corrected chi connectivity index (χ1v) is 10.8. The molecule has 3 rings (SSSR count). The van der Waals surface area contributed by atoms with Crippen molar-refractivity contribution in [1.82, 2.24) is 0 Å². The normalized spacial score (nSPS) is 19.1. The molecule has 5 heteroatoms. The Morgan fingerprint density at radius 2 is 2.21 bits per heavy atom. The number of nitrogens with two attached hydrogens (primary N) is 1. The number of thiophene rings is 1. The third-order valence-corrected chi connectivity index (χ3v) is 8.20. The van der Waals surface area contributed by atoms with E-state index in [2.05, 4.69) is 30.7 Å². The maximum Gasteiger partial charge on any atom is 0.136 e. The number of furan rings is 1. The van der Waals surface area contributed by atoms with Crippen LogP contribution in [-0.2, 0) is 6.42 Å². The van der Waals surface area contributed by atoms with E-state index in [4.69, 9.17) is 10.2 Å². The van der Waals surface area contributed by atoms with Gasteiger partial charge >= 0.3 is 0 Å². The van der Waals surface area contributed by atoms with E-state index in [0.29, 0.717) is 5.84 Å². The molecule has 1 aliphatic rings. The average Bonchev–Trinajstić information content (AvgIpc) is 2.96. The van der Waals surface area contributed by atoms with Crippen LogP contribution >= 0.6 is 11.3 Å². The molecule has 2 aromatic rings. The van der Waals surface area contributed by atoms with Crippen LogP contribution < -0.4 is 10.2 Å². The molecule has 0 saturated carbocycles. The third-order valence-electron chi connectivity index (χ3n) is 3.42. The van der Waals surface area contributed by atoms with Gasteiger partial charge in [0.05, 0.1) is 31.5 Å². The molecule has 19 heavy (non-hydrogen) atoms. The summed E-state index contributed by atoms with van der Waals surface area (Å²) in [6.45, 7) is 7.10. The van der Waals surface area contributed by atoms with Crippen molar-refractivity contribution in [3.05, 3.63) is 40.7 Å². The lowest BCUT2D eigenvalue weighted by Crippen LogP contribution is -2.34. The second-order valence-corrected chi connectivity index (χ2v) is 12.5. The highest BCUT2D eigenvalue weighted by Gasteiger charge is 2.27. The predicted molar refractivity (Wildman–Crippen MR) is 83.2 cm³/mol. The van der Waals surface area contributed by atoms with Crippen LogP contribution in [0.15, 0.2) is 34.1 Å². The molecule has 0 amide bonds. The minimum absolute atomic E-state index is 0.107. The molecule has 0 spiro atoms. The highest BCUT2D eigenvalue weighted by atomic mass is 32.1. The minimum Gasteiger partial charge on any atom is -0.472 e. The molecule has 2 aromatic heterocycles. The number of hydrogen-bond donors (Lipinski definition) is 1. The lowest BCUT2D eigenvalue weighted by Gasteiger charge is -2.17. The molecule has 3 nitrogen and oxygen atoms in total. The molecule has 2 N–H and O–H groups in total. The van der Waals surface area contributed by atoms with Crippen LogP contribution in [-0.4, -0.2) is 13.9 Å². The Kier molecular flexibility index (Phi) is 2.90. The quantitative estimate of drug-likeness (QED) is 0.865. The topological polar surface area (TPSA) is 51.5 Å². The summed E-state index contributed by atoms with van der Waals surface area (Å²) in [5.74, 6) is 0.682. The van der Waals surface area contributed by atoms with Gasteiger partial charge in [0.25, 0.3) is 0 Å². The van der Waals surface area contributed by atoms with Gasteiger partial charge < -0.3 is 10.2 Å². The zero-order valence-electron chi connectivity index (χ0n) is 11.4. The summed E-state index contributed by atoms with van der Waals surface area (Å²) < 4.78 is 6.65. The van der Waals surface area contributed by atoms with E-state index in [0.717, 1.165) is 12.0 Å². The zero-order valence-corrected chi connectivity index (χ0v) is 13.3. The van der Waals surface area contributed by atoms with E-state index in [1.165, 1.54) is 14.9 Å². The zero-order chi connectivity index (χ0) is 13.6. The molecule has 0 bridgehead atoms. The second kappa shape index (κ2) is 4.35. The van der Waals surface area contributed by atoms with Gasteiger partial charge in [0.15, 0.2) is 0 Å². The van der Waals surface area contributed by atoms with Gasteiger partial charge in [-0.1, -0.05) is 19.6 Å². The van der Waals surface area contributed by atoms with Crippen LogP contribution in [0.4, 0.5) is 0 Å². The number of hydrogen-bond acceptors (Lipinski definition) is 4. The second-order valence-electron chi connectivity index (χ2n) is 6.01. The van der Waals surface area contributed by atoms with Gasteiger partial charge in [-0.05, 0) is 22.2 Å². The number of fused-ring (bicyclic) bond motifs is 1. The lowest BCUT2D eigenvalue weighted by atomic mass is 9.99. The average molecular weight is 290 g/mol. The van der Waals surface area contributed by atoms with Gasteiger partial charge in [-0.2, -0.15) is 0 Å². The maximum atomic E-state index is 6.14. The Balaban J connectivity index is 1.99. The largest absolute Gasteiger partial charge is 0.472 e. The number of nitrogens with zero attached hydrogens (tertiary/aromatic N) is 1. The molecule has 1 unspecified atom stereocenters. The fourth-order valence-corrected chi connectivity index (χ4v) is 5.29. The van der Waals surface area contributed by atoms with E-state index in [1.54, 1.807) is 12.5 Å². The van der Waals surface area contributed by atoms with Crippen molar-refractivity contribution in [3.63, 3.8) is 0 Å². The van der Waals surface area contributed by atoms with Crippen LogP contribution in [0.2, 0.25) is 19.6 Å². The van der Waals surface area contributed by atoms with E-state index >= 15 is 0 Å². The van der Waals surface area contributed by atoms with Crippen molar-refractivity contribution in [2.24, 2.45) is 10.7 Å². The standard InChI is InChI=1S/C14H18N2OSSi/c1-19(2,3)12-7-10-6-11(9-4-5-17-8-9)16-14(15)13(10)18-12/h4-5,7-8,11H,6H2,1-3H3,(H2,15,16). The third kappa shape index (κ3) is 2.28. The molecular weight excluding hydrogens is 272 g/mol. The molecule has 1 atom stereocenters. The van der Waals surface area contributed by atoms with Crippen LogP contribution in [0.1, 0.15) is 22.0 Å². The number of rotatable bonds is 2. The smallest absolute Gasteiger partial charge is 0.136 e.